The minimum absolute atomic E-state index is 0.231. The number of carbonyl (C=O) groups is 1. The van der Waals surface area contributed by atoms with Gasteiger partial charge in [0, 0.05) is 6.07 Å². The first-order valence-corrected chi connectivity index (χ1v) is 9.20. The number of nitrogens with zero attached hydrogens (tertiary/aromatic N) is 1. The molecular formula is C19H20N2O4S. The summed E-state index contributed by atoms with van der Waals surface area (Å²) >= 11 is 1.48. The highest BCUT2D eigenvalue weighted by molar-refractivity contribution is 7.13. The molecule has 0 unspecified atom stereocenters. The summed E-state index contributed by atoms with van der Waals surface area (Å²) in [4.78, 5) is 17.7. The van der Waals surface area contributed by atoms with Crippen molar-refractivity contribution in [1.29, 1.82) is 0 Å². The number of benzene rings is 1. The summed E-state index contributed by atoms with van der Waals surface area (Å²) in [6.07, 6.45) is 3.24. The lowest BCUT2D eigenvalue weighted by Gasteiger charge is -2.13. The number of hydrogen-bond donors (Lipinski definition) is 1. The van der Waals surface area contributed by atoms with Crippen LogP contribution in [0.2, 0.25) is 0 Å². The van der Waals surface area contributed by atoms with E-state index < -0.39 is 0 Å². The van der Waals surface area contributed by atoms with E-state index in [1.54, 1.807) is 25.3 Å². The number of ether oxygens (including phenoxy) is 2. The number of oxazole rings is 1. The van der Waals surface area contributed by atoms with Gasteiger partial charge in [0.1, 0.15) is 11.5 Å². The van der Waals surface area contributed by atoms with Crippen LogP contribution in [0, 0.1) is 0 Å². The molecule has 136 valence electrons. The van der Waals surface area contributed by atoms with Crippen LogP contribution >= 0.6 is 11.3 Å². The molecule has 0 aliphatic carbocycles. The monoisotopic (exact) mass is 372 g/mol. The molecule has 7 heteroatoms. The minimum atomic E-state index is -0.365. The maximum Gasteiger partial charge on any atom is 0.278 e. The normalized spacial score (nSPS) is 10.5. The van der Waals surface area contributed by atoms with Crippen molar-refractivity contribution >= 4 is 22.9 Å². The van der Waals surface area contributed by atoms with Crippen molar-refractivity contribution in [3.63, 3.8) is 0 Å². The average Bonchev–Trinajstić information content (AvgIpc) is 3.34. The number of amides is 1. The molecule has 0 spiro atoms. The summed E-state index contributed by atoms with van der Waals surface area (Å²) in [5.41, 5.74) is 0.764. The van der Waals surface area contributed by atoms with Crippen molar-refractivity contribution in [3.8, 4) is 22.1 Å². The van der Waals surface area contributed by atoms with Gasteiger partial charge in [0.05, 0.1) is 24.3 Å². The number of methoxy groups -OCH3 is 1. The van der Waals surface area contributed by atoms with Gasteiger partial charge in [-0.15, -0.1) is 11.3 Å². The Balaban J connectivity index is 1.84. The molecule has 1 amide bonds. The molecular weight excluding hydrogens is 352 g/mol. The molecule has 26 heavy (non-hydrogen) atoms. The van der Waals surface area contributed by atoms with Gasteiger partial charge in [0.15, 0.2) is 17.8 Å². The molecule has 0 atom stereocenters. The molecule has 1 N–H and O–H groups in total. The van der Waals surface area contributed by atoms with Crippen LogP contribution in [0.3, 0.4) is 0 Å². The Labute approximate surface area is 155 Å². The van der Waals surface area contributed by atoms with Gasteiger partial charge in [-0.05, 0) is 30.0 Å². The van der Waals surface area contributed by atoms with E-state index in [2.05, 4.69) is 17.2 Å². The number of aromatic nitrogens is 1. The lowest BCUT2D eigenvalue weighted by atomic mass is 10.2. The molecule has 0 aliphatic rings. The van der Waals surface area contributed by atoms with Gasteiger partial charge in [0.2, 0.25) is 0 Å². The van der Waals surface area contributed by atoms with Gasteiger partial charge in [-0.3, -0.25) is 4.79 Å². The maximum atomic E-state index is 12.7. The lowest BCUT2D eigenvalue weighted by Crippen LogP contribution is -2.14. The van der Waals surface area contributed by atoms with Gasteiger partial charge in [-0.25, -0.2) is 4.98 Å². The molecule has 0 saturated heterocycles. The van der Waals surface area contributed by atoms with Crippen molar-refractivity contribution in [1.82, 2.24) is 4.98 Å². The van der Waals surface area contributed by atoms with E-state index in [0.29, 0.717) is 29.6 Å². The molecule has 0 saturated carbocycles. The van der Waals surface area contributed by atoms with Crippen LogP contribution in [-0.4, -0.2) is 24.6 Å². The summed E-state index contributed by atoms with van der Waals surface area (Å²) in [5, 5.41) is 4.77. The minimum Gasteiger partial charge on any atom is -0.497 e. The van der Waals surface area contributed by atoms with E-state index >= 15 is 0 Å². The highest BCUT2D eigenvalue weighted by Gasteiger charge is 2.20. The fourth-order valence-electron chi connectivity index (χ4n) is 2.36. The summed E-state index contributed by atoms with van der Waals surface area (Å²) < 4.78 is 16.4. The molecule has 0 bridgehead atoms. The second-order valence-corrected chi connectivity index (χ2v) is 6.47. The Morgan fingerprint density at radius 2 is 2.23 bits per heavy atom. The smallest absolute Gasteiger partial charge is 0.278 e. The van der Waals surface area contributed by atoms with E-state index in [4.69, 9.17) is 13.9 Å². The zero-order valence-corrected chi connectivity index (χ0v) is 15.5. The molecule has 2 heterocycles. The number of hydrogen-bond acceptors (Lipinski definition) is 6. The summed E-state index contributed by atoms with van der Waals surface area (Å²) in [6, 6.07) is 9.08. The van der Waals surface area contributed by atoms with Crippen LogP contribution in [-0.2, 0) is 0 Å². The number of unbranched alkanes of at least 4 members (excludes halogenated alkanes) is 1. The molecule has 0 radical (unpaired) electrons. The number of anilines is 1. The number of nitrogens with one attached hydrogen (secondary N) is 1. The van der Waals surface area contributed by atoms with E-state index in [1.807, 2.05) is 17.5 Å². The van der Waals surface area contributed by atoms with Crippen molar-refractivity contribution in [2.24, 2.45) is 0 Å². The third-order valence-corrected chi connectivity index (χ3v) is 4.59. The van der Waals surface area contributed by atoms with Crippen LogP contribution in [0.25, 0.3) is 10.6 Å². The van der Waals surface area contributed by atoms with Crippen molar-refractivity contribution in [2.75, 3.05) is 19.0 Å². The molecule has 6 nitrogen and oxygen atoms in total. The quantitative estimate of drug-likeness (QED) is 0.573. The van der Waals surface area contributed by atoms with Gasteiger partial charge < -0.3 is 19.2 Å². The first-order chi connectivity index (χ1) is 12.7. The van der Waals surface area contributed by atoms with Crippen LogP contribution in [0.4, 0.5) is 5.69 Å². The van der Waals surface area contributed by atoms with Crippen LogP contribution in [0.1, 0.15) is 30.3 Å². The fraction of sp³-hybridized carbons (Fsp3) is 0.263. The number of carbonyl (C=O) groups excluding carboxylic acids is 1. The second-order valence-electron chi connectivity index (χ2n) is 5.53. The van der Waals surface area contributed by atoms with Crippen LogP contribution < -0.4 is 14.8 Å². The number of thiophene rings is 1. The first-order valence-electron chi connectivity index (χ1n) is 8.32. The summed E-state index contributed by atoms with van der Waals surface area (Å²) in [7, 11) is 1.57. The van der Waals surface area contributed by atoms with Crippen LogP contribution in [0.5, 0.6) is 11.5 Å². The fourth-order valence-corrected chi connectivity index (χ4v) is 3.07. The second kappa shape index (κ2) is 8.53. The topological polar surface area (TPSA) is 73.6 Å². The maximum absolute atomic E-state index is 12.7. The summed E-state index contributed by atoms with van der Waals surface area (Å²) in [5.74, 6) is 1.31. The predicted octanol–water partition coefficient (Wildman–Crippen LogP) is 4.84. The highest BCUT2D eigenvalue weighted by atomic mass is 32.1. The third kappa shape index (κ3) is 4.05. The Kier molecular flexibility index (Phi) is 5.91. The largest absolute Gasteiger partial charge is 0.497 e. The van der Waals surface area contributed by atoms with Gasteiger partial charge in [0.25, 0.3) is 5.91 Å². The van der Waals surface area contributed by atoms with E-state index in [9.17, 15) is 4.79 Å². The van der Waals surface area contributed by atoms with E-state index in [0.717, 1.165) is 17.7 Å². The molecule has 1 aromatic carbocycles. The SMILES string of the molecule is CCCCOc1ccc(OC)cc1NC(=O)c1ncoc1-c1cccs1. The predicted molar refractivity (Wildman–Crippen MR) is 101 cm³/mol. The Morgan fingerprint density at radius 3 is 2.96 bits per heavy atom. The average molecular weight is 372 g/mol. The van der Waals surface area contributed by atoms with Gasteiger partial charge >= 0.3 is 0 Å². The van der Waals surface area contributed by atoms with Crippen molar-refractivity contribution < 1.29 is 18.7 Å². The van der Waals surface area contributed by atoms with Gasteiger partial charge in [-0.2, -0.15) is 0 Å². The first kappa shape index (κ1) is 18.0. The van der Waals surface area contributed by atoms with E-state index in [1.165, 1.54) is 17.7 Å². The van der Waals surface area contributed by atoms with Crippen molar-refractivity contribution in [2.45, 2.75) is 19.8 Å². The summed E-state index contributed by atoms with van der Waals surface area (Å²) in [6.45, 7) is 2.67. The number of rotatable bonds is 8. The zero-order chi connectivity index (χ0) is 18.4. The van der Waals surface area contributed by atoms with Crippen molar-refractivity contribution in [3.05, 3.63) is 47.8 Å². The Morgan fingerprint density at radius 1 is 1.35 bits per heavy atom. The van der Waals surface area contributed by atoms with Gasteiger partial charge in [-0.1, -0.05) is 19.4 Å². The molecule has 0 aliphatic heterocycles. The Hall–Kier alpha value is -2.80. The zero-order valence-electron chi connectivity index (χ0n) is 14.7. The third-order valence-electron chi connectivity index (χ3n) is 3.72. The Bertz CT molecular complexity index is 858. The van der Waals surface area contributed by atoms with E-state index in [-0.39, 0.29) is 11.6 Å². The standard InChI is InChI=1S/C19H20N2O4S/c1-3-4-9-24-15-8-7-13(23-2)11-14(15)21-19(22)17-18(25-12-20-17)16-6-5-10-26-16/h5-8,10-12H,3-4,9H2,1-2H3,(H,21,22). The lowest BCUT2D eigenvalue weighted by molar-refractivity contribution is 0.102. The molecule has 0 fully saturated rings. The molecule has 3 aromatic rings. The molecule has 2 aromatic heterocycles. The van der Waals surface area contributed by atoms with Crippen LogP contribution in [0.15, 0.2) is 46.5 Å². The molecule has 3 rings (SSSR count). The highest BCUT2D eigenvalue weighted by Crippen LogP contribution is 2.32.